The van der Waals surface area contributed by atoms with Crippen molar-refractivity contribution in [3.63, 3.8) is 0 Å². The van der Waals surface area contributed by atoms with Gasteiger partial charge in [0, 0.05) is 30.4 Å². The van der Waals surface area contributed by atoms with Gasteiger partial charge in [0.25, 0.3) is 5.91 Å². The maximum atomic E-state index is 13.1. The molecule has 0 bridgehead atoms. The number of aryl methyl sites for hydroxylation is 1. The van der Waals surface area contributed by atoms with E-state index in [9.17, 15) is 9.59 Å². The summed E-state index contributed by atoms with van der Waals surface area (Å²) in [5.41, 5.74) is 3.15. The maximum Gasteiger partial charge on any atom is 0.252 e. The van der Waals surface area contributed by atoms with E-state index in [0.717, 1.165) is 34.7 Å². The van der Waals surface area contributed by atoms with Gasteiger partial charge in [-0.1, -0.05) is 48.5 Å². The van der Waals surface area contributed by atoms with Crippen LogP contribution in [0.1, 0.15) is 47.3 Å². The van der Waals surface area contributed by atoms with Crippen LogP contribution in [0.2, 0.25) is 0 Å². The number of fused-ring (bicyclic) bond motifs is 1. The molecule has 1 aliphatic heterocycles. The second-order valence-electron chi connectivity index (χ2n) is 8.17. The zero-order valence-electron chi connectivity index (χ0n) is 18.0. The quantitative estimate of drug-likeness (QED) is 0.615. The van der Waals surface area contributed by atoms with Gasteiger partial charge in [-0.05, 0) is 60.7 Å². The fourth-order valence-electron chi connectivity index (χ4n) is 4.13. The number of amides is 2. The van der Waals surface area contributed by atoms with Gasteiger partial charge in [0.05, 0.1) is 6.04 Å². The first-order chi connectivity index (χ1) is 15.0. The van der Waals surface area contributed by atoms with E-state index in [2.05, 4.69) is 28.8 Å². The van der Waals surface area contributed by atoms with Crippen molar-refractivity contribution in [3.05, 3.63) is 77.4 Å². The normalized spacial score (nSPS) is 15.4. The molecule has 0 unspecified atom stereocenters. The molecule has 1 heterocycles. The molecular formula is C26H28N2O3. The second-order valence-corrected chi connectivity index (χ2v) is 8.17. The Balaban J connectivity index is 1.50. The highest BCUT2D eigenvalue weighted by Gasteiger charge is 2.22. The molecule has 5 nitrogen and oxygen atoms in total. The van der Waals surface area contributed by atoms with Crippen molar-refractivity contribution in [2.24, 2.45) is 5.92 Å². The third-order valence-corrected chi connectivity index (χ3v) is 5.98. The van der Waals surface area contributed by atoms with Gasteiger partial charge >= 0.3 is 0 Å². The lowest BCUT2D eigenvalue weighted by atomic mass is 9.98. The third-order valence-electron chi connectivity index (χ3n) is 5.98. The number of carbonyl (C=O) groups is 2. The summed E-state index contributed by atoms with van der Waals surface area (Å²) in [5, 5.41) is 8.37. The zero-order valence-corrected chi connectivity index (χ0v) is 18.0. The van der Waals surface area contributed by atoms with Crippen molar-refractivity contribution in [2.75, 3.05) is 18.5 Å². The summed E-state index contributed by atoms with van der Waals surface area (Å²) in [6, 6.07) is 19.6. The molecule has 1 aliphatic rings. The lowest BCUT2D eigenvalue weighted by Crippen LogP contribution is -2.29. The van der Waals surface area contributed by atoms with Gasteiger partial charge in [0.1, 0.15) is 0 Å². The molecule has 4 rings (SSSR count). The monoisotopic (exact) mass is 416 g/mol. The number of anilines is 1. The van der Waals surface area contributed by atoms with Gasteiger partial charge in [-0.15, -0.1) is 0 Å². The molecule has 31 heavy (non-hydrogen) atoms. The molecule has 0 aliphatic carbocycles. The van der Waals surface area contributed by atoms with Gasteiger partial charge in [-0.3, -0.25) is 9.59 Å². The van der Waals surface area contributed by atoms with Crippen LogP contribution in [-0.4, -0.2) is 25.0 Å². The summed E-state index contributed by atoms with van der Waals surface area (Å²) >= 11 is 0. The molecule has 2 N–H and O–H groups in total. The van der Waals surface area contributed by atoms with Gasteiger partial charge in [-0.25, -0.2) is 0 Å². The van der Waals surface area contributed by atoms with Gasteiger partial charge in [-0.2, -0.15) is 0 Å². The highest BCUT2D eigenvalue weighted by molar-refractivity contribution is 5.99. The van der Waals surface area contributed by atoms with E-state index in [1.807, 2.05) is 50.2 Å². The van der Waals surface area contributed by atoms with E-state index in [4.69, 9.17) is 4.74 Å². The number of carbonyl (C=O) groups excluding carboxylic acids is 2. The fraction of sp³-hybridized carbons (Fsp3) is 0.308. The number of benzene rings is 3. The number of nitrogens with one attached hydrogen (secondary N) is 2. The van der Waals surface area contributed by atoms with Crippen LogP contribution in [0.4, 0.5) is 5.69 Å². The van der Waals surface area contributed by atoms with Crippen molar-refractivity contribution >= 4 is 28.3 Å². The largest absolute Gasteiger partial charge is 0.381 e. The molecule has 160 valence electrons. The average molecular weight is 417 g/mol. The van der Waals surface area contributed by atoms with Crippen molar-refractivity contribution in [2.45, 2.75) is 32.7 Å². The Labute approximate surface area is 182 Å². The van der Waals surface area contributed by atoms with E-state index in [0.29, 0.717) is 24.5 Å². The minimum Gasteiger partial charge on any atom is -0.381 e. The van der Waals surface area contributed by atoms with E-state index in [-0.39, 0.29) is 23.8 Å². The van der Waals surface area contributed by atoms with Crippen molar-refractivity contribution in [1.29, 1.82) is 0 Å². The van der Waals surface area contributed by atoms with Crippen LogP contribution in [0.5, 0.6) is 0 Å². The van der Waals surface area contributed by atoms with E-state index < -0.39 is 0 Å². The smallest absolute Gasteiger partial charge is 0.252 e. The van der Waals surface area contributed by atoms with Gasteiger partial charge in [0.15, 0.2) is 0 Å². The Morgan fingerprint density at radius 3 is 2.55 bits per heavy atom. The topological polar surface area (TPSA) is 67.4 Å². The van der Waals surface area contributed by atoms with E-state index in [1.165, 1.54) is 0 Å². The molecular weight excluding hydrogens is 388 g/mol. The van der Waals surface area contributed by atoms with Gasteiger partial charge in [0.2, 0.25) is 5.91 Å². The number of ether oxygens (including phenoxy) is 1. The van der Waals surface area contributed by atoms with Crippen molar-refractivity contribution in [3.8, 4) is 0 Å². The van der Waals surface area contributed by atoms with Crippen LogP contribution >= 0.6 is 0 Å². The molecule has 1 saturated heterocycles. The molecule has 5 heteroatoms. The lowest BCUT2D eigenvalue weighted by Gasteiger charge is -2.21. The van der Waals surface area contributed by atoms with Crippen molar-refractivity contribution < 1.29 is 14.3 Å². The molecule has 2 amide bonds. The molecule has 0 radical (unpaired) electrons. The Morgan fingerprint density at radius 1 is 1.00 bits per heavy atom. The predicted octanol–water partition coefficient (Wildman–Crippen LogP) is 5.00. The Hall–Kier alpha value is -3.18. The fourth-order valence-corrected chi connectivity index (χ4v) is 4.13. The average Bonchev–Trinajstić information content (AvgIpc) is 2.80. The first-order valence-corrected chi connectivity index (χ1v) is 10.8. The zero-order chi connectivity index (χ0) is 21.8. The van der Waals surface area contributed by atoms with Crippen molar-refractivity contribution in [1.82, 2.24) is 5.32 Å². The number of rotatable bonds is 5. The first-order valence-electron chi connectivity index (χ1n) is 10.8. The SMILES string of the molecule is Cc1ccc(NC(=O)C2CCOCC2)cc1C(=O)N[C@H](C)c1cccc2ccccc12. The lowest BCUT2D eigenvalue weighted by molar-refractivity contribution is -0.122. The molecule has 0 aromatic heterocycles. The minimum atomic E-state index is -0.154. The first kappa shape index (κ1) is 21.1. The van der Waals surface area contributed by atoms with E-state index >= 15 is 0 Å². The van der Waals surface area contributed by atoms with Crippen LogP contribution in [0, 0.1) is 12.8 Å². The molecule has 1 fully saturated rings. The third kappa shape index (κ3) is 4.78. The predicted molar refractivity (Wildman–Crippen MR) is 123 cm³/mol. The molecule has 3 aromatic rings. The second kappa shape index (κ2) is 9.31. The molecule has 0 saturated carbocycles. The summed E-state index contributed by atoms with van der Waals surface area (Å²) < 4.78 is 5.33. The summed E-state index contributed by atoms with van der Waals surface area (Å²) in [7, 11) is 0. The molecule has 1 atom stereocenters. The highest BCUT2D eigenvalue weighted by atomic mass is 16.5. The van der Waals surface area contributed by atoms with Crippen LogP contribution in [0.3, 0.4) is 0 Å². The summed E-state index contributed by atoms with van der Waals surface area (Å²) in [4.78, 5) is 25.6. The van der Waals surface area contributed by atoms with Crippen LogP contribution in [-0.2, 0) is 9.53 Å². The standard InChI is InChI=1S/C26H28N2O3/c1-17-10-11-21(28-25(29)20-12-14-31-15-13-20)16-24(17)26(30)27-18(2)22-9-5-7-19-6-3-4-8-23(19)22/h3-11,16,18,20H,12-15H2,1-2H3,(H,27,30)(H,28,29)/t18-/m1/s1. The number of hydrogen-bond acceptors (Lipinski definition) is 3. The van der Waals surface area contributed by atoms with E-state index in [1.54, 1.807) is 6.07 Å². The summed E-state index contributed by atoms with van der Waals surface area (Å²) in [6.45, 7) is 5.13. The Kier molecular flexibility index (Phi) is 6.33. The maximum absolute atomic E-state index is 13.1. The molecule has 0 spiro atoms. The summed E-state index contributed by atoms with van der Waals surface area (Å²) in [5.74, 6) is -0.207. The highest BCUT2D eigenvalue weighted by Crippen LogP contribution is 2.25. The van der Waals surface area contributed by atoms with Crippen LogP contribution < -0.4 is 10.6 Å². The summed E-state index contributed by atoms with van der Waals surface area (Å²) in [6.07, 6.45) is 1.46. The minimum absolute atomic E-state index is 0.0114. The van der Waals surface area contributed by atoms with Gasteiger partial charge < -0.3 is 15.4 Å². The molecule has 3 aromatic carbocycles. The Bertz CT molecular complexity index is 1100. The number of hydrogen-bond donors (Lipinski definition) is 2. The van der Waals surface area contributed by atoms with Crippen LogP contribution in [0.15, 0.2) is 60.7 Å². The van der Waals surface area contributed by atoms with Crippen LogP contribution in [0.25, 0.3) is 10.8 Å². The Morgan fingerprint density at radius 2 is 1.74 bits per heavy atom.